The topological polar surface area (TPSA) is 40.6 Å². The van der Waals surface area contributed by atoms with Crippen molar-refractivity contribution < 1.29 is 8.42 Å². The van der Waals surface area contributed by atoms with Crippen LogP contribution in [-0.4, -0.2) is 49.8 Å². The molecule has 20 heavy (non-hydrogen) atoms. The fourth-order valence-corrected chi connectivity index (χ4v) is 7.09. The molecule has 2 aliphatic heterocycles. The van der Waals surface area contributed by atoms with Gasteiger partial charge in [0.25, 0.3) is 10.0 Å². The second-order valence-corrected chi connectivity index (χ2v) is 9.36. The molecule has 2 fully saturated rings. The van der Waals surface area contributed by atoms with E-state index in [-0.39, 0.29) is 0 Å². The Bertz CT molecular complexity index is 567. The quantitative estimate of drug-likeness (QED) is 0.811. The van der Waals surface area contributed by atoms with Crippen LogP contribution in [0, 0.1) is 0 Å². The molecule has 1 aromatic rings. The minimum Gasteiger partial charge on any atom is -0.299 e. The highest BCUT2D eigenvalue weighted by Crippen LogP contribution is 2.32. The van der Waals surface area contributed by atoms with Crippen LogP contribution in [0.15, 0.2) is 20.1 Å². The number of hydrogen-bond acceptors (Lipinski definition) is 4. The van der Waals surface area contributed by atoms with Crippen LogP contribution in [0.2, 0.25) is 0 Å². The second kappa shape index (κ2) is 6.04. The molecular weight excluding hydrogens is 360 g/mol. The highest BCUT2D eigenvalue weighted by Gasteiger charge is 2.34. The van der Waals surface area contributed by atoms with E-state index in [1.807, 2.05) is 5.38 Å². The second-order valence-electron chi connectivity index (χ2n) is 5.46. The van der Waals surface area contributed by atoms with Gasteiger partial charge in [-0.25, -0.2) is 8.42 Å². The summed E-state index contributed by atoms with van der Waals surface area (Å²) in [6.45, 7) is 3.55. The highest BCUT2D eigenvalue weighted by atomic mass is 79.9. The van der Waals surface area contributed by atoms with Gasteiger partial charge < -0.3 is 0 Å². The van der Waals surface area contributed by atoms with Gasteiger partial charge in [-0.2, -0.15) is 4.31 Å². The zero-order valence-electron chi connectivity index (χ0n) is 11.3. The first-order chi connectivity index (χ1) is 9.59. The van der Waals surface area contributed by atoms with Crippen molar-refractivity contribution in [3.8, 4) is 0 Å². The number of rotatable bonds is 3. The summed E-state index contributed by atoms with van der Waals surface area (Å²) in [5.41, 5.74) is 0. The number of piperidine rings is 1. The minimum atomic E-state index is -3.33. The van der Waals surface area contributed by atoms with Crippen molar-refractivity contribution in [1.82, 2.24) is 9.21 Å². The van der Waals surface area contributed by atoms with E-state index in [0.29, 0.717) is 27.8 Å². The van der Waals surface area contributed by atoms with Crippen LogP contribution in [0.1, 0.15) is 25.7 Å². The summed E-state index contributed by atoms with van der Waals surface area (Å²) < 4.78 is 28.2. The Labute approximate surface area is 132 Å². The van der Waals surface area contributed by atoms with Gasteiger partial charge in [0.05, 0.1) is 0 Å². The van der Waals surface area contributed by atoms with E-state index in [9.17, 15) is 8.42 Å². The van der Waals surface area contributed by atoms with Gasteiger partial charge in [-0.05, 0) is 66.1 Å². The van der Waals surface area contributed by atoms with Gasteiger partial charge in [-0.1, -0.05) is 0 Å². The predicted molar refractivity (Wildman–Crippen MR) is 84.6 cm³/mol. The zero-order chi connectivity index (χ0) is 14.2. The molecular formula is C13H19BrN2O2S2. The number of nitrogens with zero attached hydrogens (tertiary/aromatic N) is 2. The first-order valence-corrected chi connectivity index (χ1v) is 10.2. The van der Waals surface area contributed by atoms with E-state index in [1.165, 1.54) is 24.2 Å². The normalized spacial score (nSPS) is 26.1. The summed E-state index contributed by atoms with van der Waals surface area (Å²) in [5.74, 6) is 0. The minimum absolute atomic E-state index is 0.403. The molecule has 2 saturated heterocycles. The molecule has 0 N–H and O–H groups in total. The first kappa shape index (κ1) is 15.0. The lowest BCUT2D eigenvalue weighted by molar-refractivity contribution is 0.162. The Morgan fingerprint density at radius 1 is 1.20 bits per heavy atom. The molecule has 4 nitrogen and oxygen atoms in total. The van der Waals surface area contributed by atoms with E-state index in [2.05, 4.69) is 20.8 Å². The van der Waals surface area contributed by atoms with Gasteiger partial charge in [0.1, 0.15) is 4.21 Å². The van der Waals surface area contributed by atoms with Crippen LogP contribution in [0.4, 0.5) is 0 Å². The molecule has 1 atom stereocenters. The largest absolute Gasteiger partial charge is 0.299 e. The van der Waals surface area contributed by atoms with Gasteiger partial charge in [0.15, 0.2) is 0 Å². The Balaban J connectivity index is 1.78. The Kier molecular flexibility index (Phi) is 4.52. The van der Waals surface area contributed by atoms with Crippen molar-refractivity contribution in [2.75, 3.05) is 26.2 Å². The monoisotopic (exact) mass is 378 g/mol. The van der Waals surface area contributed by atoms with Crippen molar-refractivity contribution in [3.63, 3.8) is 0 Å². The van der Waals surface area contributed by atoms with Crippen LogP contribution in [-0.2, 0) is 10.0 Å². The lowest BCUT2D eigenvalue weighted by atomic mass is 10.1. The molecule has 0 aromatic carbocycles. The number of hydrogen-bond donors (Lipinski definition) is 0. The van der Waals surface area contributed by atoms with Crippen molar-refractivity contribution in [2.24, 2.45) is 0 Å². The van der Waals surface area contributed by atoms with E-state index in [0.717, 1.165) is 25.9 Å². The lowest BCUT2D eigenvalue weighted by Crippen LogP contribution is -2.48. The smallest absolute Gasteiger partial charge is 0.253 e. The summed E-state index contributed by atoms with van der Waals surface area (Å²) in [5, 5.41) is 1.82. The molecule has 0 radical (unpaired) electrons. The van der Waals surface area contributed by atoms with E-state index in [4.69, 9.17) is 0 Å². The molecule has 2 aliphatic rings. The summed E-state index contributed by atoms with van der Waals surface area (Å²) in [6, 6.07) is 2.21. The third-order valence-electron chi connectivity index (χ3n) is 4.17. The number of sulfonamides is 1. The maximum atomic E-state index is 12.7. The maximum Gasteiger partial charge on any atom is 0.253 e. The molecule has 0 amide bonds. The van der Waals surface area contributed by atoms with Crippen LogP contribution >= 0.6 is 27.3 Å². The van der Waals surface area contributed by atoms with Crippen molar-refractivity contribution in [2.45, 2.75) is 35.9 Å². The molecule has 0 saturated carbocycles. The average molecular weight is 379 g/mol. The molecule has 3 rings (SSSR count). The Morgan fingerprint density at radius 2 is 1.95 bits per heavy atom. The Hall–Kier alpha value is 0.0500. The maximum absolute atomic E-state index is 12.7. The standard InChI is InChI=1S/C13H19BrN2O2S2/c14-12-5-9-19-13(12)20(17,18)16-8-3-4-11(10-16)15-6-1-2-7-15/h5,9,11H,1-4,6-8,10H2. The van der Waals surface area contributed by atoms with E-state index in [1.54, 1.807) is 10.4 Å². The van der Waals surface area contributed by atoms with E-state index < -0.39 is 10.0 Å². The number of thiophene rings is 1. The van der Waals surface area contributed by atoms with Gasteiger partial charge in [0, 0.05) is 23.6 Å². The molecule has 0 bridgehead atoms. The molecule has 112 valence electrons. The number of halogens is 1. The average Bonchev–Trinajstić information content (AvgIpc) is 3.10. The lowest BCUT2D eigenvalue weighted by Gasteiger charge is -2.36. The fraction of sp³-hybridized carbons (Fsp3) is 0.692. The van der Waals surface area contributed by atoms with Crippen molar-refractivity contribution in [3.05, 3.63) is 15.9 Å². The van der Waals surface area contributed by atoms with Crippen LogP contribution in [0.5, 0.6) is 0 Å². The molecule has 1 unspecified atom stereocenters. The Morgan fingerprint density at radius 3 is 2.60 bits per heavy atom. The molecule has 1 aromatic heterocycles. The predicted octanol–water partition coefficient (Wildman–Crippen LogP) is 2.76. The molecule has 0 aliphatic carbocycles. The molecule has 3 heterocycles. The van der Waals surface area contributed by atoms with Gasteiger partial charge in [0.2, 0.25) is 0 Å². The SMILES string of the molecule is O=S(=O)(c1sccc1Br)N1CCCC(N2CCCC2)C1. The summed E-state index contributed by atoms with van der Waals surface area (Å²) >= 11 is 4.64. The van der Waals surface area contributed by atoms with E-state index >= 15 is 0 Å². The third kappa shape index (κ3) is 2.83. The van der Waals surface area contributed by atoms with Crippen molar-refractivity contribution >= 4 is 37.3 Å². The van der Waals surface area contributed by atoms with Gasteiger partial charge in [-0.3, -0.25) is 4.90 Å². The van der Waals surface area contributed by atoms with Crippen LogP contribution < -0.4 is 0 Å². The number of likely N-dealkylation sites (tertiary alicyclic amines) is 1. The molecule has 0 spiro atoms. The zero-order valence-corrected chi connectivity index (χ0v) is 14.5. The van der Waals surface area contributed by atoms with Crippen molar-refractivity contribution in [1.29, 1.82) is 0 Å². The van der Waals surface area contributed by atoms with Crippen LogP contribution in [0.25, 0.3) is 0 Å². The fourth-order valence-electron chi connectivity index (χ4n) is 3.13. The highest BCUT2D eigenvalue weighted by molar-refractivity contribution is 9.10. The van der Waals surface area contributed by atoms with Crippen LogP contribution in [0.3, 0.4) is 0 Å². The molecule has 7 heteroatoms. The van der Waals surface area contributed by atoms with Gasteiger partial charge in [-0.15, -0.1) is 11.3 Å². The summed E-state index contributed by atoms with van der Waals surface area (Å²) in [7, 11) is -3.33. The van der Waals surface area contributed by atoms with Gasteiger partial charge >= 0.3 is 0 Å². The first-order valence-electron chi connectivity index (χ1n) is 7.06. The summed E-state index contributed by atoms with van der Waals surface area (Å²) in [6.07, 6.45) is 4.58. The third-order valence-corrected chi connectivity index (χ3v) is 8.69. The summed E-state index contributed by atoms with van der Waals surface area (Å²) in [4.78, 5) is 2.46.